The second kappa shape index (κ2) is 7.71. The van der Waals surface area contributed by atoms with Crippen LogP contribution in [0.3, 0.4) is 0 Å². The summed E-state index contributed by atoms with van der Waals surface area (Å²) in [6, 6.07) is 7.19. The summed E-state index contributed by atoms with van der Waals surface area (Å²) in [5.74, 6) is 0.426. The number of esters is 1. The summed E-state index contributed by atoms with van der Waals surface area (Å²) < 4.78 is 9.99. The van der Waals surface area contributed by atoms with E-state index in [2.05, 4.69) is 0 Å². The molecular formula is C13H15ClO4. The van der Waals surface area contributed by atoms with E-state index in [1.165, 1.54) is 0 Å². The van der Waals surface area contributed by atoms with Gasteiger partial charge in [0, 0.05) is 6.42 Å². The molecule has 0 radical (unpaired) electrons. The number of carbonyl (C=O) groups excluding carboxylic acids is 2. The fourth-order valence-corrected chi connectivity index (χ4v) is 1.49. The normalized spacial score (nSPS) is 9.89. The molecule has 4 nitrogen and oxygen atoms in total. The molecule has 98 valence electrons. The zero-order chi connectivity index (χ0) is 13.4. The molecule has 0 heterocycles. The van der Waals surface area contributed by atoms with E-state index in [0.717, 1.165) is 11.3 Å². The van der Waals surface area contributed by atoms with Gasteiger partial charge in [-0.3, -0.25) is 9.59 Å². The molecule has 0 spiro atoms. The fourth-order valence-electron chi connectivity index (χ4n) is 1.36. The maximum atomic E-state index is 11.4. The summed E-state index contributed by atoms with van der Waals surface area (Å²) in [5, 5.41) is -0.416. The number of ether oxygens (including phenoxy) is 2. The van der Waals surface area contributed by atoms with Crippen molar-refractivity contribution in [3.05, 3.63) is 29.8 Å². The zero-order valence-corrected chi connectivity index (χ0v) is 10.9. The molecule has 0 N–H and O–H groups in total. The van der Waals surface area contributed by atoms with Crippen LogP contribution in [0.5, 0.6) is 5.75 Å². The van der Waals surface area contributed by atoms with Crippen LogP contribution in [-0.4, -0.2) is 24.9 Å². The van der Waals surface area contributed by atoms with Crippen LogP contribution in [0.25, 0.3) is 0 Å². The van der Waals surface area contributed by atoms with Gasteiger partial charge in [-0.2, -0.15) is 0 Å². The lowest BCUT2D eigenvalue weighted by Gasteiger charge is -2.05. The summed E-state index contributed by atoms with van der Waals surface area (Å²) in [5.41, 5.74) is 0.856. The standard InChI is InChI=1S/C13H15ClO4/c1-17-11-6-4-10(5-7-11)9-13(16)18-8-2-3-12(14)15/h4-7H,2-3,8-9H2,1H3. The molecule has 1 aromatic carbocycles. The topological polar surface area (TPSA) is 52.6 Å². The van der Waals surface area contributed by atoms with Crippen LogP contribution in [0.4, 0.5) is 0 Å². The molecule has 1 aromatic rings. The van der Waals surface area contributed by atoms with Gasteiger partial charge in [-0.05, 0) is 35.7 Å². The van der Waals surface area contributed by atoms with Gasteiger partial charge < -0.3 is 9.47 Å². The summed E-state index contributed by atoms with van der Waals surface area (Å²) in [6.45, 7) is 0.216. The molecular weight excluding hydrogens is 256 g/mol. The lowest BCUT2D eigenvalue weighted by atomic mass is 10.1. The van der Waals surface area contributed by atoms with Gasteiger partial charge >= 0.3 is 5.97 Å². The van der Waals surface area contributed by atoms with Crippen molar-refractivity contribution in [1.29, 1.82) is 0 Å². The molecule has 5 heteroatoms. The highest BCUT2D eigenvalue weighted by atomic mass is 35.5. The second-order valence-electron chi connectivity index (χ2n) is 3.70. The quantitative estimate of drug-likeness (QED) is 0.433. The first-order valence-corrected chi connectivity index (χ1v) is 5.96. The average Bonchev–Trinajstić information content (AvgIpc) is 2.35. The largest absolute Gasteiger partial charge is 0.497 e. The van der Waals surface area contributed by atoms with Gasteiger partial charge in [0.25, 0.3) is 0 Å². The van der Waals surface area contributed by atoms with Gasteiger partial charge in [0.15, 0.2) is 0 Å². The lowest BCUT2D eigenvalue weighted by Crippen LogP contribution is -2.09. The highest BCUT2D eigenvalue weighted by Crippen LogP contribution is 2.12. The summed E-state index contributed by atoms with van der Waals surface area (Å²) in [7, 11) is 1.58. The van der Waals surface area contributed by atoms with Crippen LogP contribution >= 0.6 is 11.6 Å². The van der Waals surface area contributed by atoms with Gasteiger partial charge in [0.2, 0.25) is 5.24 Å². The number of hydrogen-bond acceptors (Lipinski definition) is 4. The fraction of sp³-hybridized carbons (Fsp3) is 0.385. The third-order valence-electron chi connectivity index (χ3n) is 2.29. The molecule has 0 fully saturated rings. The van der Waals surface area contributed by atoms with Crippen LogP contribution in [0.2, 0.25) is 0 Å². The first kappa shape index (κ1) is 14.5. The Morgan fingerprint density at radius 2 is 1.89 bits per heavy atom. The number of methoxy groups -OCH3 is 1. The molecule has 0 aliphatic rings. The SMILES string of the molecule is COc1ccc(CC(=O)OCCCC(=O)Cl)cc1. The van der Waals surface area contributed by atoms with Crippen molar-refractivity contribution >= 4 is 22.8 Å². The molecule has 18 heavy (non-hydrogen) atoms. The first-order valence-electron chi connectivity index (χ1n) is 5.58. The molecule has 0 aliphatic heterocycles. The first-order chi connectivity index (χ1) is 8.61. The molecule has 0 saturated carbocycles. The van der Waals surface area contributed by atoms with Crippen molar-refractivity contribution in [3.8, 4) is 5.75 Å². The average molecular weight is 271 g/mol. The van der Waals surface area contributed by atoms with E-state index in [1.54, 1.807) is 19.2 Å². The molecule has 0 saturated heterocycles. The van der Waals surface area contributed by atoms with Crippen LogP contribution in [0.15, 0.2) is 24.3 Å². The van der Waals surface area contributed by atoms with Crippen molar-refractivity contribution in [2.45, 2.75) is 19.3 Å². The Bertz CT molecular complexity index is 400. The minimum absolute atomic E-state index is 0.207. The van der Waals surface area contributed by atoms with E-state index >= 15 is 0 Å². The monoisotopic (exact) mass is 270 g/mol. The van der Waals surface area contributed by atoms with E-state index in [4.69, 9.17) is 21.1 Å². The van der Waals surface area contributed by atoms with Crippen molar-refractivity contribution in [3.63, 3.8) is 0 Å². The Morgan fingerprint density at radius 3 is 2.44 bits per heavy atom. The molecule has 0 aromatic heterocycles. The molecule has 0 atom stereocenters. The van der Waals surface area contributed by atoms with Gasteiger partial charge in [0.05, 0.1) is 20.1 Å². The van der Waals surface area contributed by atoms with E-state index in [1.807, 2.05) is 12.1 Å². The number of benzene rings is 1. The Morgan fingerprint density at radius 1 is 1.22 bits per heavy atom. The van der Waals surface area contributed by atoms with Gasteiger partial charge in [-0.25, -0.2) is 0 Å². The Labute approximate surface area is 111 Å². The highest BCUT2D eigenvalue weighted by molar-refractivity contribution is 6.63. The van der Waals surface area contributed by atoms with E-state index < -0.39 is 5.24 Å². The zero-order valence-electron chi connectivity index (χ0n) is 10.1. The Balaban J connectivity index is 2.28. The van der Waals surface area contributed by atoms with Crippen LogP contribution < -0.4 is 4.74 Å². The molecule has 0 amide bonds. The molecule has 0 unspecified atom stereocenters. The van der Waals surface area contributed by atoms with Crippen molar-refractivity contribution in [2.24, 2.45) is 0 Å². The molecule has 1 rings (SSSR count). The maximum absolute atomic E-state index is 11.4. The lowest BCUT2D eigenvalue weighted by molar-refractivity contribution is -0.143. The third kappa shape index (κ3) is 5.68. The van der Waals surface area contributed by atoms with Crippen molar-refractivity contribution in [1.82, 2.24) is 0 Å². The maximum Gasteiger partial charge on any atom is 0.310 e. The number of hydrogen-bond donors (Lipinski definition) is 0. The smallest absolute Gasteiger partial charge is 0.310 e. The summed E-state index contributed by atoms with van der Waals surface area (Å²) >= 11 is 5.16. The van der Waals surface area contributed by atoms with Gasteiger partial charge in [0.1, 0.15) is 5.75 Å². The number of carbonyl (C=O) groups is 2. The number of rotatable bonds is 7. The highest BCUT2D eigenvalue weighted by Gasteiger charge is 2.05. The van der Waals surface area contributed by atoms with Crippen LogP contribution in [0.1, 0.15) is 18.4 Å². The Hall–Kier alpha value is -1.55. The third-order valence-corrected chi connectivity index (χ3v) is 2.48. The molecule has 0 aliphatic carbocycles. The van der Waals surface area contributed by atoms with Crippen LogP contribution in [-0.2, 0) is 20.7 Å². The number of halogens is 1. The summed E-state index contributed by atoms with van der Waals surface area (Å²) in [4.78, 5) is 21.9. The van der Waals surface area contributed by atoms with Crippen molar-refractivity contribution in [2.75, 3.05) is 13.7 Å². The minimum atomic E-state index is -0.416. The summed E-state index contributed by atoms with van der Waals surface area (Å²) in [6.07, 6.45) is 0.882. The Kier molecular flexibility index (Phi) is 6.22. The molecule has 0 bridgehead atoms. The van der Waals surface area contributed by atoms with E-state index in [9.17, 15) is 9.59 Å². The predicted molar refractivity (Wildman–Crippen MR) is 67.8 cm³/mol. The minimum Gasteiger partial charge on any atom is -0.497 e. The van der Waals surface area contributed by atoms with E-state index in [0.29, 0.717) is 6.42 Å². The van der Waals surface area contributed by atoms with Crippen molar-refractivity contribution < 1.29 is 19.1 Å². The second-order valence-corrected chi connectivity index (χ2v) is 4.13. The van der Waals surface area contributed by atoms with Gasteiger partial charge in [-0.15, -0.1) is 0 Å². The van der Waals surface area contributed by atoms with E-state index in [-0.39, 0.29) is 25.4 Å². The van der Waals surface area contributed by atoms with Gasteiger partial charge in [-0.1, -0.05) is 12.1 Å². The predicted octanol–water partition coefficient (Wildman–Crippen LogP) is 2.33. The van der Waals surface area contributed by atoms with Crippen LogP contribution in [0, 0.1) is 0 Å².